The minimum absolute atomic E-state index is 0.00190. The molecule has 0 saturated heterocycles. The van der Waals surface area contributed by atoms with Crippen molar-refractivity contribution in [3.8, 4) is 0 Å². The fourth-order valence-electron chi connectivity index (χ4n) is 1.08. The molecule has 0 bridgehead atoms. The Morgan fingerprint density at radius 2 is 2.07 bits per heavy atom. The average Bonchev–Trinajstić information content (AvgIpc) is 1.95. The summed E-state index contributed by atoms with van der Waals surface area (Å²) in [6.45, 7) is -1.21. The van der Waals surface area contributed by atoms with Crippen LogP contribution in [0.5, 0.6) is 0 Å². The van der Waals surface area contributed by atoms with E-state index < -0.39 is 24.7 Å². The van der Waals surface area contributed by atoms with E-state index >= 15 is 0 Å². The van der Waals surface area contributed by atoms with Gasteiger partial charge >= 0.3 is 12.1 Å². The Labute approximate surface area is 79.5 Å². The Morgan fingerprint density at radius 1 is 1.57 bits per heavy atom. The highest BCUT2D eigenvalue weighted by Gasteiger charge is 2.33. The second-order valence-corrected chi connectivity index (χ2v) is 2.96. The molecule has 0 aromatic carbocycles. The van der Waals surface area contributed by atoms with Gasteiger partial charge in [-0.1, -0.05) is 0 Å². The number of aliphatic carboxylic acids is 1. The zero-order valence-electron chi connectivity index (χ0n) is 7.71. The molecule has 0 amide bonds. The number of hydrogen-bond acceptors (Lipinski definition) is 3. The molecule has 0 heterocycles. The fraction of sp³-hybridized carbons (Fsp3) is 0.857. The molecule has 0 radical (unpaired) electrons. The molecular weight excluding hydrogens is 201 g/mol. The summed E-state index contributed by atoms with van der Waals surface area (Å²) in [5.74, 6) is -1.29. The van der Waals surface area contributed by atoms with Gasteiger partial charge in [-0.15, -0.1) is 0 Å². The van der Waals surface area contributed by atoms with Crippen LogP contribution in [0.25, 0.3) is 0 Å². The maximum absolute atomic E-state index is 11.9. The van der Waals surface area contributed by atoms with Gasteiger partial charge in [0.15, 0.2) is 0 Å². The van der Waals surface area contributed by atoms with Crippen LogP contribution < -0.4 is 5.73 Å². The van der Waals surface area contributed by atoms with Gasteiger partial charge in [0.2, 0.25) is 0 Å². The molecule has 0 saturated carbocycles. The summed E-state index contributed by atoms with van der Waals surface area (Å²) >= 11 is 0. The van der Waals surface area contributed by atoms with Gasteiger partial charge < -0.3 is 10.8 Å². The highest BCUT2D eigenvalue weighted by atomic mass is 19.4. The normalized spacial score (nSPS) is 14.4. The second-order valence-electron chi connectivity index (χ2n) is 2.96. The Morgan fingerprint density at radius 3 is 2.36 bits per heavy atom. The lowest BCUT2D eigenvalue weighted by atomic mass is 10.2. The van der Waals surface area contributed by atoms with Crippen molar-refractivity contribution < 1.29 is 23.1 Å². The number of alkyl halides is 3. The lowest BCUT2D eigenvalue weighted by Crippen LogP contribution is -2.44. The zero-order valence-corrected chi connectivity index (χ0v) is 7.71. The van der Waals surface area contributed by atoms with Crippen LogP contribution in [0.2, 0.25) is 0 Å². The molecular formula is C7H13F3N2O2. The molecule has 0 aliphatic rings. The van der Waals surface area contributed by atoms with Crippen LogP contribution in [-0.2, 0) is 4.79 Å². The van der Waals surface area contributed by atoms with Gasteiger partial charge in [-0.25, -0.2) is 0 Å². The number of nitrogens with two attached hydrogens (primary N) is 1. The van der Waals surface area contributed by atoms with Crippen LogP contribution in [-0.4, -0.2) is 48.3 Å². The van der Waals surface area contributed by atoms with Gasteiger partial charge in [-0.3, -0.25) is 9.69 Å². The molecule has 84 valence electrons. The Balaban J connectivity index is 4.29. The van der Waals surface area contributed by atoms with Crippen LogP contribution in [0.15, 0.2) is 0 Å². The van der Waals surface area contributed by atoms with E-state index in [9.17, 15) is 18.0 Å². The summed E-state index contributed by atoms with van der Waals surface area (Å²) in [5, 5.41) is 8.61. The third kappa shape index (κ3) is 5.03. The van der Waals surface area contributed by atoms with E-state index in [4.69, 9.17) is 10.8 Å². The van der Waals surface area contributed by atoms with Gasteiger partial charge in [-0.05, 0) is 20.0 Å². The highest BCUT2D eigenvalue weighted by Crippen LogP contribution is 2.17. The van der Waals surface area contributed by atoms with Gasteiger partial charge in [0.1, 0.15) is 6.04 Å². The Hall–Kier alpha value is -0.820. The Bertz CT molecular complexity index is 196. The lowest BCUT2D eigenvalue weighted by molar-refractivity contribution is -0.159. The molecule has 0 aromatic rings. The van der Waals surface area contributed by atoms with Crippen molar-refractivity contribution in [2.75, 3.05) is 20.1 Å². The maximum Gasteiger partial charge on any atom is 0.401 e. The van der Waals surface area contributed by atoms with Crippen molar-refractivity contribution in [3.05, 3.63) is 0 Å². The van der Waals surface area contributed by atoms with Crippen molar-refractivity contribution in [1.82, 2.24) is 4.90 Å². The molecule has 14 heavy (non-hydrogen) atoms. The van der Waals surface area contributed by atoms with E-state index in [1.54, 1.807) is 0 Å². The smallest absolute Gasteiger partial charge is 0.401 e. The summed E-state index contributed by atoms with van der Waals surface area (Å²) in [6.07, 6.45) is -4.39. The van der Waals surface area contributed by atoms with Crippen LogP contribution in [0.1, 0.15) is 6.42 Å². The number of halogens is 3. The van der Waals surface area contributed by atoms with E-state index in [1.807, 2.05) is 0 Å². The van der Waals surface area contributed by atoms with Gasteiger partial charge in [0, 0.05) is 0 Å². The second kappa shape index (κ2) is 5.16. The first-order chi connectivity index (χ1) is 6.28. The van der Waals surface area contributed by atoms with Crippen molar-refractivity contribution in [1.29, 1.82) is 0 Å². The van der Waals surface area contributed by atoms with Crippen LogP contribution >= 0.6 is 0 Å². The molecule has 7 heteroatoms. The third-order valence-corrected chi connectivity index (χ3v) is 1.69. The number of carboxylic acids is 1. The van der Waals surface area contributed by atoms with Crippen LogP contribution in [0.4, 0.5) is 13.2 Å². The van der Waals surface area contributed by atoms with Crippen LogP contribution in [0.3, 0.4) is 0 Å². The first-order valence-corrected chi connectivity index (χ1v) is 3.98. The summed E-state index contributed by atoms with van der Waals surface area (Å²) < 4.78 is 35.7. The number of hydrogen-bond donors (Lipinski definition) is 2. The fourth-order valence-corrected chi connectivity index (χ4v) is 1.08. The summed E-state index contributed by atoms with van der Waals surface area (Å²) in [4.78, 5) is 11.3. The molecule has 1 unspecified atom stereocenters. The summed E-state index contributed by atoms with van der Waals surface area (Å²) in [5.41, 5.74) is 5.10. The SMILES string of the molecule is CN(CC(F)(F)F)C(CCN)C(=O)O. The number of likely N-dealkylation sites (N-methyl/N-ethyl adjacent to an activating group) is 1. The van der Waals surface area contributed by atoms with E-state index in [0.717, 1.165) is 11.9 Å². The van der Waals surface area contributed by atoms with Crippen molar-refractivity contribution >= 4 is 5.97 Å². The third-order valence-electron chi connectivity index (χ3n) is 1.69. The summed E-state index contributed by atoms with van der Waals surface area (Å²) in [6, 6.07) is -1.18. The van der Waals surface area contributed by atoms with E-state index in [0.29, 0.717) is 0 Å². The monoisotopic (exact) mass is 214 g/mol. The standard InChI is InChI=1S/C7H13F3N2O2/c1-12(4-7(8,9)10)5(2-3-11)6(13)14/h5H,2-4,11H2,1H3,(H,13,14). The van der Waals surface area contributed by atoms with E-state index in [2.05, 4.69) is 0 Å². The minimum Gasteiger partial charge on any atom is -0.480 e. The summed E-state index contributed by atoms with van der Waals surface area (Å²) in [7, 11) is 1.11. The van der Waals surface area contributed by atoms with E-state index in [1.165, 1.54) is 0 Å². The number of carbonyl (C=O) groups is 1. The molecule has 0 aliphatic heterocycles. The Kier molecular flexibility index (Phi) is 4.86. The van der Waals surface area contributed by atoms with Crippen LogP contribution in [0, 0.1) is 0 Å². The number of carboxylic acid groups (broad SMARTS) is 1. The van der Waals surface area contributed by atoms with Crippen molar-refractivity contribution in [2.24, 2.45) is 5.73 Å². The van der Waals surface area contributed by atoms with Gasteiger partial charge in [-0.2, -0.15) is 13.2 Å². The first-order valence-electron chi connectivity index (χ1n) is 3.98. The first kappa shape index (κ1) is 13.2. The molecule has 0 fully saturated rings. The molecule has 3 N–H and O–H groups in total. The van der Waals surface area contributed by atoms with Gasteiger partial charge in [0.05, 0.1) is 6.54 Å². The quantitative estimate of drug-likeness (QED) is 0.690. The average molecular weight is 214 g/mol. The molecule has 0 spiro atoms. The molecule has 0 aliphatic carbocycles. The zero-order chi connectivity index (χ0) is 11.4. The van der Waals surface area contributed by atoms with Gasteiger partial charge in [0.25, 0.3) is 0 Å². The maximum atomic E-state index is 11.9. The van der Waals surface area contributed by atoms with E-state index in [-0.39, 0.29) is 13.0 Å². The lowest BCUT2D eigenvalue weighted by Gasteiger charge is -2.24. The molecule has 0 aromatic heterocycles. The molecule has 1 atom stereocenters. The van der Waals surface area contributed by atoms with Crippen molar-refractivity contribution in [3.63, 3.8) is 0 Å². The predicted octanol–water partition coefficient (Wildman–Crippen LogP) is 0.283. The minimum atomic E-state index is -4.39. The number of rotatable bonds is 5. The molecule has 0 rings (SSSR count). The highest BCUT2D eigenvalue weighted by molar-refractivity contribution is 5.73. The largest absolute Gasteiger partial charge is 0.480 e. The predicted molar refractivity (Wildman–Crippen MR) is 43.8 cm³/mol. The molecule has 4 nitrogen and oxygen atoms in total. The topological polar surface area (TPSA) is 66.6 Å². The number of nitrogens with zero attached hydrogens (tertiary/aromatic N) is 1. The van der Waals surface area contributed by atoms with Crippen molar-refractivity contribution in [2.45, 2.75) is 18.6 Å².